The molecule has 0 aliphatic heterocycles. The highest BCUT2D eigenvalue weighted by Gasteiger charge is 2.13. The van der Waals surface area contributed by atoms with Gasteiger partial charge in [-0.15, -0.1) is 0 Å². The molecule has 0 amide bonds. The zero-order valence-electron chi connectivity index (χ0n) is 11.3. The van der Waals surface area contributed by atoms with Crippen LogP contribution in [0.2, 0.25) is 0 Å². The van der Waals surface area contributed by atoms with Gasteiger partial charge in [0.2, 0.25) is 0 Å². The molecular formula is C16H13BrF2N2. The van der Waals surface area contributed by atoms with E-state index in [4.69, 9.17) is 5.26 Å². The summed E-state index contributed by atoms with van der Waals surface area (Å²) in [6.45, 7) is 1.98. The van der Waals surface area contributed by atoms with E-state index in [1.54, 1.807) is 12.1 Å². The van der Waals surface area contributed by atoms with Gasteiger partial charge in [-0.05, 0) is 52.7 Å². The van der Waals surface area contributed by atoms with Crippen molar-refractivity contribution in [2.45, 2.75) is 19.5 Å². The quantitative estimate of drug-likeness (QED) is 0.826. The molecule has 1 N–H and O–H groups in total. The molecular weight excluding hydrogens is 338 g/mol. The van der Waals surface area contributed by atoms with Crippen LogP contribution in [0.3, 0.4) is 0 Å². The van der Waals surface area contributed by atoms with E-state index in [9.17, 15) is 8.78 Å². The van der Waals surface area contributed by atoms with Crippen molar-refractivity contribution < 1.29 is 8.78 Å². The van der Waals surface area contributed by atoms with Gasteiger partial charge in [-0.1, -0.05) is 12.1 Å². The molecule has 0 aliphatic carbocycles. The third-order valence-corrected chi connectivity index (χ3v) is 3.88. The molecule has 1 unspecified atom stereocenters. The van der Waals surface area contributed by atoms with Crippen molar-refractivity contribution in [2.75, 3.05) is 0 Å². The van der Waals surface area contributed by atoms with Gasteiger partial charge in [-0.25, -0.2) is 8.78 Å². The minimum absolute atomic E-state index is 0.00451. The maximum absolute atomic E-state index is 13.9. The summed E-state index contributed by atoms with van der Waals surface area (Å²) in [5, 5.41) is 11.8. The van der Waals surface area contributed by atoms with Gasteiger partial charge >= 0.3 is 0 Å². The van der Waals surface area contributed by atoms with Gasteiger partial charge in [0, 0.05) is 18.2 Å². The third-order valence-electron chi connectivity index (χ3n) is 3.26. The zero-order chi connectivity index (χ0) is 15.4. The molecule has 2 rings (SSSR count). The van der Waals surface area contributed by atoms with Crippen LogP contribution in [-0.4, -0.2) is 0 Å². The van der Waals surface area contributed by atoms with Crippen LogP contribution in [0.5, 0.6) is 0 Å². The monoisotopic (exact) mass is 350 g/mol. The van der Waals surface area contributed by atoms with Crippen LogP contribution in [0.1, 0.15) is 29.7 Å². The van der Waals surface area contributed by atoms with E-state index in [1.165, 1.54) is 12.1 Å². The minimum Gasteiger partial charge on any atom is -0.306 e. The molecule has 2 aromatic carbocycles. The predicted octanol–water partition coefficient (Wildman–Crippen LogP) is 4.45. The van der Waals surface area contributed by atoms with Gasteiger partial charge < -0.3 is 5.32 Å². The van der Waals surface area contributed by atoms with E-state index in [1.807, 2.05) is 25.1 Å². The molecule has 0 spiro atoms. The first kappa shape index (κ1) is 15.6. The Bertz CT molecular complexity index is 678. The Labute approximate surface area is 130 Å². The number of hydrogen-bond donors (Lipinski definition) is 1. The molecule has 0 heterocycles. The summed E-state index contributed by atoms with van der Waals surface area (Å²) in [6, 6.07) is 11.6. The average Bonchev–Trinajstić information content (AvgIpc) is 2.51. The van der Waals surface area contributed by atoms with Crippen molar-refractivity contribution >= 4 is 15.9 Å². The Morgan fingerprint density at radius 3 is 2.48 bits per heavy atom. The molecule has 0 aromatic heterocycles. The van der Waals surface area contributed by atoms with E-state index in [0.717, 1.165) is 5.56 Å². The minimum atomic E-state index is -0.588. The summed E-state index contributed by atoms with van der Waals surface area (Å²) < 4.78 is 27.7. The fourth-order valence-electron chi connectivity index (χ4n) is 1.95. The molecule has 0 fully saturated rings. The second kappa shape index (κ2) is 6.79. The Hall–Kier alpha value is -1.77. The normalized spacial score (nSPS) is 12.0. The smallest absolute Gasteiger partial charge is 0.144 e. The number of nitriles is 1. The largest absolute Gasteiger partial charge is 0.306 e. The van der Waals surface area contributed by atoms with Crippen LogP contribution >= 0.6 is 15.9 Å². The molecule has 2 aromatic rings. The average molecular weight is 351 g/mol. The van der Waals surface area contributed by atoms with Crippen molar-refractivity contribution in [3.8, 4) is 6.07 Å². The molecule has 0 radical (unpaired) electrons. The Kier molecular flexibility index (Phi) is 5.05. The van der Waals surface area contributed by atoms with Gasteiger partial charge in [0.25, 0.3) is 0 Å². The van der Waals surface area contributed by atoms with Crippen molar-refractivity contribution in [1.29, 1.82) is 5.26 Å². The molecule has 0 aliphatic rings. The molecule has 5 heteroatoms. The number of nitrogens with one attached hydrogen (secondary N) is 1. The van der Waals surface area contributed by atoms with Gasteiger partial charge in [0.05, 0.1) is 16.1 Å². The SMILES string of the molecule is CC(NCc1c(F)ccc(Br)c1F)c1ccc(C#N)cc1. The van der Waals surface area contributed by atoms with Gasteiger partial charge in [-0.2, -0.15) is 5.26 Å². The second-order valence-corrected chi connectivity index (χ2v) is 5.51. The van der Waals surface area contributed by atoms with Crippen molar-refractivity contribution in [3.63, 3.8) is 0 Å². The molecule has 108 valence electrons. The topological polar surface area (TPSA) is 35.8 Å². The maximum atomic E-state index is 13.9. The number of halogens is 3. The first-order valence-electron chi connectivity index (χ1n) is 6.38. The second-order valence-electron chi connectivity index (χ2n) is 4.66. The van der Waals surface area contributed by atoms with Crippen molar-refractivity contribution in [1.82, 2.24) is 5.32 Å². The van der Waals surface area contributed by atoms with Crippen LogP contribution in [0.15, 0.2) is 40.9 Å². The summed E-state index contributed by atoms with van der Waals surface area (Å²) in [6.07, 6.45) is 0. The lowest BCUT2D eigenvalue weighted by molar-refractivity contribution is 0.506. The van der Waals surface area contributed by atoms with Crippen LogP contribution in [0.4, 0.5) is 8.78 Å². The van der Waals surface area contributed by atoms with Crippen LogP contribution in [0.25, 0.3) is 0 Å². The fraction of sp³-hybridized carbons (Fsp3) is 0.188. The Morgan fingerprint density at radius 1 is 1.19 bits per heavy atom. The number of rotatable bonds is 4. The van der Waals surface area contributed by atoms with E-state index in [-0.39, 0.29) is 22.6 Å². The number of benzene rings is 2. The first-order chi connectivity index (χ1) is 10.0. The third kappa shape index (κ3) is 3.66. The lowest BCUT2D eigenvalue weighted by atomic mass is 10.1. The van der Waals surface area contributed by atoms with Gasteiger partial charge in [-0.3, -0.25) is 0 Å². The van der Waals surface area contributed by atoms with E-state index in [0.29, 0.717) is 5.56 Å². The van der Waals surface area contributed by atoms with Gasteiger partial charge in [0.15, 0.2) is 0 Å². The zero-order valence-corrected chi connectivity index (χ0v) is 12.9. The van der Waals surface area contributed by atoms with Gasteiger partial charge in [0.1, 0.15) is 11.6 Å². The molecule has 1 atom stereocenters. The summed E-state index contributed by atoms with van der Waals surface area (Å²) in [7, 11) is 0. The molecule has 0 saturated carbocycles. The van der Waals surface area contributed by atoms with Crippen molar-refractivity contribution in [3.05, 3.63) is 69.2 Å². The summed E-state index contributed by atoms with van der Waals surface area (Å²) in [4.78, 5) is 0. The lowest BCUT2D eigenvalue weighted by Gasteiger charge is -2.15. The fourth-order valence-corrected chi connectivity index (χ4v) is 2.32. The predicted molar refractivity (Wildman–Crippen MR) is 80.5 cm³/mol. The van der Waals surface area contributed by atoms with Crippen LogP contribution < -0.4 is 5.32 Å². The molecule has 2 nitrogen and oxygen atoms in total. The highest BCUT2D eigenvalue weighted by atomic mass is 79.9. The van der Waals surface area contributed by atoms with Crippen molar-refractivity contribution in [2.24, 2.45) is 0 Å². The summed E-state index contributed by atoms with van der Waals surface area (Å²) >= 11 is 3.05. The maximum Gasteiger partial charge on any atom is 0.144 e. The summed E-state index contributed by atoms with van der Waals surface area (Å²) in [5.41, 5.74) is 1.53. The number of nitrogens with zero attached hydrogens (tertiary/aromatic N) is 1. The Balaban J connectivity index is 2.09. The molecule has 21 heavy (non-hydrogen) atoms. The van der Waals surface area contributed by atoms with E-state index in [2.05, 4.69) is 21.2 Å². The molecule has 0 bridgehead atoms. The van der Waals surface area contributed by atoms with E-state index >= 15 is 0 Å². The highest BCUT2D eigenvalue weighted by molar-refractivity contribution is 9.10. The van der Waals surface area contributed by atoms with Crippen LogP contribution in [-0.2, 0) is 6.54 Å². The Morgan fingerprint density at radius 2 is 1.86 bits per heavy atom. The first-order valence-corrected chi connectivity index (χ1v) is 7.18. The van der Waals surface area contributed by atoms with E-state index < -0.39 is 11.6 Å². The number of hydrogen-bond acceptors (Lipinski definition) is 2. The molecule has 0 saturated heterocycles. The van der Waals surface area contributed by atoms with Crippen LogP contribution in [0, 0.1) is 23.0 Å². The summed E-state index contributed by atoms with van der Waals surface area (Å²) in [5.74, 6) is -1.16. The standard InChI is InChI=1S/C16H13BrF2N2/c1-10(12-4-2-11(8-20)3-5-12)21-9-13-15(18)7-6-14(17)16(13)19/h2-7,10,21H,9H2,1H3. The highest BCUT2D eigenvalue weighted by Crippen LogP contribution is 2.22. The lowest BCUT2D eigenvalue weighted by Crippen LogP contribution is -2.19.